The molecule has 0 radical (unpaired) electrons. The molecule has 1 aliphatic rings. The Balaban J connectivity index is 1.93. The largest absolute Gasteiger partial charge is 0.352 e. The van der Waals surface area contributed by atoms with E-state index in [1.807, 2.05) is 30.3 Å². The van der Waals surface area contributed by atoms with Crippen LogP contribution in [0.2, 0.25) is 0 Å². The molecule has 2 aromatic rings. The molecule has 1 atom stereocenters. The number of rotatable bonds is 2. The number of benzene rings is 1. The molecular formula is C15H16N2O. The minimum atomic E-state index is -0.0423. The number of hydrogen-bond acceptors (Lipinski definition) is 2. The van der Waals surface area contributed by atoms with Crippen LogP contribution >= 0.6 is 0 Å². The first-order valence-electron chi connectivity index (χ1n) is 6.26. The predicted molar refractivity (Wildman–Crippen MR) is 72.7 cm³/mol. The fraction of sp³-hybridized carbons (Fsp3) is 0.267. The Hall–Kier alpha value is -1.87. The molecule has 0 aliphatic carbocycles. The molecule has 1 aliphatic heterocycles. The number of H-pyrrole nitrogens is 1. The van der Waals surface area contributed by atoms with E-state index in [-0.39, 0.29) is 11.7 Å². The number of aromatic nitrogens is 1. The van der Waals surface area contributed by atoms with Gasteiger partial charge in [0.25, 0.3) is 0 Å². The van der Waals surface area contributed by atoms with E-state index in [1.165, 1.54) is 0 Å². The highest BCUT2D eigenvalue weighted by molar-refractivity contribution is 6.02. The number of fused-ring (bicyclic) bond motifs is 1. The summed E-state index contributed by atoms with van der Waals surface area (Å²) in [7, 11) is 0. The lowest BCUT2D eigenvalue weighted by Gasteiger charge is -2.23. The molecule has 2 N–H and O–H groups in total. The van der Waals surface area contributed by atoms with Crippen molar-refractivity contribution in [3.05, 3.63) is 48.2 Å². The first-order chi connectivity index (χ1) is 8.75. The normalized spacial score (nSPS) is 20.2. The number of piperidine rings is 1. The van der Waals surface area contributed by atoms with Crippen LogP contribution in [0.4, 0.5) is 0 Å². The van der Waals surface area contributed by atoms with Crippen molar-refractivity contribution in [1.29, 1.82) is 0 Å². The highest BCUT2D eigenvalue weighted by Gasteiger charge is 2.26. The summed E-state index contributed by atoms with van der Waals surface area (Å²) in [6, 6.07) is 9.89. The highest BCUT2D eigenvalue weighted by Crippen LogP contribution is 2.23. The fourth-order valence-electron chi connectivity index (χ4n) is 2.53. The van der Waals surface area contributed by atoms with Crippen LogP contribution in [0.3, 0.4) is 0 Å². The second-order valence-electron chi connectivity index (χ2n) is 4.81. The maximum atomic E-state index is 12.5. The van der Waals surface area contributed by atoms with Crippen LogP contribution in [0, 0.1) is 5.92 Å². The molecule has 2 heterocycles. The van der Waals surface area contributed by atoms with Crippen molar-refractivity contribution in [2.45, 2.75) is 6.42 Å². The predicted octanol–water partition coefficient (Wildman–Crippen LogP) is 2.52. The van der Waals surface area contributed by atoms with Gasteiger partial charge in [-0.25, -0.2) is 0 Å². The average Bonchev–Trinajstić information content (AvgIpc) is 2.82. The maximum Gasteiger partial charge on any atom is 0.186 e. The molecule has 1 aromatic heterocycles. The molecule has 0 spiro atoms. The average molecular weight is 240 g/mol. The molecule has 1 unspecified atom stereocenters. The van der Waals surface area contributed by atoms with E-state index in [0.717, 1.165) is 36.0 Å². The Labute approximate surface area is 106 Å². The second-order valence-corrected chi connectivity index (χ2v) is 4.81. The van der Waals surface area contributed by atoms with Crippen LogP contribution in [-0.2, 0) is 0 Å². The van der Waals surface area contributed by atoms with Gasteiger partial charge in [0.15, 0.2) is 5.78 Å². The van der Waals surface area contributed by atoms with Crippen LogP contribution < -0.4 is 5.32 Å². The molecule has 92 valence electrons. The van der Waals surface area contributed by atoms with E-state index < -0.39 is 0 Å². The van der Waals surface area contributed by atoms with Crippen molar-refractivity contribution in [2.24, 2.45) is 5.92 Å². The third kappa shape index (κ3) is 1.87. The third-order valence-electron chi connectivity index (χ3n) is 3.57. The lowest BCUT2D eigenvalue weighted by molar-refractivity contribution is 0.0923. The fourth-order valence-corrected chi connectivity index (χ4v) is 2.53. The van der Waals surface area contributed by atoms with Gasteiger partial charge < -0.3 is 10.3 Å². The van der Waals surface area contributed by atoms with Crippen molar-refractivity contribution < 1.29 is 4.79 Å². The van der Waals surface area contributed by atoms with Crippen molar-refractivity contribution in [3.63, 3.8) is 0 Å². The van der Waals surface area contributed by atoms with Gasteiger partial charge in [-0.2, -0.15) is 0 Å². The Kier molecular flexibility index (Phi) is 2.76. The number of carbonyl (C=O) groups excluding carboxylic acids is 1. The summed E-state index contributed by atoms with van der Waals surface area (Å²) in [6.07, 6.45) is 0.840. The van der Waals surface area contributed by atoms with Crippen LogP contribution in [0.1, 0.15) is 16.9 Å². The molecule has 0 saturated carbocycles. The van der Waals surface area contributed by atoms with E-state index in [1.54, 1.807) is 0 Å². The summed E-state index contributed by atoms with van der Waals surface area (Å²) in [4.78, 5) is 15.7. The molecule has 0 amide bonds. The number of carbonyl (C=O) groups is 1. The summed E-state index contributed by atoms with van der Waals surface area (Å²) in [5.41, 5.74) is 2.70. The standard InChI is InChI=1S/C15H16N2O/c1-10-9-16-7-6-12(10)15(18)14-8-11-4-2-3-5-13(11)17-14/h2-5,8,12,16-17H,1,6-7,9H2. The van der Waals surface area contributed by atoms with Gasteiger partial charge in [-0.1, -0.05) is 30.4 Å². The van der Waals surface area contributed by atoms with Crippen molar-refractivity contribution >= 4 is 16.7 Å². The summed E-state index contributed by atoms with van der Waals surface area (Å²) in [6.45, 7) is 5.63. The van der Waals surface area contributed by atoms with E-state index in [4.69, 9.17) is 0 Å². The summed E-state index contributed by atoms with van der Waals surface area (Å²) in [5, 5.41) is 4.32. The Bertz CT molecular complexity index is 579. The molecule has 18 heavy (non-hydrogen) atoms. The number of nitrogens with one attached hydrogen (secondary N) is 2. The minimum Gasteiger partial charge on any atom is -0.352 e. The van der Waals surface area contributed by atoms with Gasteiger partial charge in [-0.05, 0) is 25.1 Å². The SMILES string of the molecule is C=C1CNCCC1C(=O)c1cc2ccccc2[nH]1. The van der Waals surface area contributed by atoms with Gasteiger partial charge in [-0.15, -0.1) is 0 Å². The van der Waals surface area contributed by atoms with Crippen LogP contribution in [0.25, 0.3) is 10.9 Å². The van der Waals surface area contributed by atoms with Gasteiger partial charge in [0.2, 0.25) is 0 Å². The molecular weight excluding hydrogens is 224 g/mol. The Morgan fingerprint density at radius 1 is 1.33 bits per heavy atom. The zero-order valence-corrected chi connectivity index (χ0v) is 10.2. The smallest absolute Gasteiger partial charge is 0.186 e. The number of Topliss-reactive ketones (excluding diaryl/α,β-unsaturated/α-hetero) is 1. The summed E-state index contributed by atoms with van der Waals surface area (Å²) in [5.74, 6) is 0.122. The number of hydrogen-bond donors (Lipinski definition) is 2. The first kappa shape index (κ1) is 11.2. The molecule has 1 saturated heterocycles. The first-order valence-corrected chi connectivity index (χ1v) is 6.26. The molecule has 1 fully saturated rings. The number of aromatic amines is 1. The molecule has 3 nitrogen and oxygen atoms in total. The third-order valence-corrected chi connectivity index (χ3v) is 3.57. The summed E-state index contributed by atoms with van der Waals surface area (Å²) < 4.78 is 0. The van der Waals surface area contributed by atoms with Crippen LogP contribution in [-0.4, -0.2) is 23.9 Å². The molecule has 1 aromatic carbocycles. The molecule has 3 rings (SSSR count). The van der Waals surface area contributed by atoms with Crippen molar-refractivity contribution in [3.8, 4) is 0 Å². The highest BCUT2D eigenvalue weighted by atomic mass is 16.1. The van der Waals surface area contributed by atoms with E-state index >= 15 is 0 Å². The van der Waals surface area contributed by atoms with Gasteiger partial charge in [-0.3, -0.25) is 4.79 Å². The molecule has 0 bridgehead atoms. The lowest BCUT2D eigenvalue weighted by atomic mass is 9.88. The van der Waals surface area contributed by atoms with Gasteiger partial charge in [0.1, 0.15) is 0 Å². The summed E-state index contributed by atoms with van der Waals surface area (Å²) >= 11 is 0. The molecule has 3 heteroatoms. The van der Waals surface area contributed by atoms with E-state index in [9.17, 15) is 4.79 Å². The van der Waals surface area contributed by atoms with E-state index in [2.05, 4.69) is 16.9 Å². The minimum absolute atomic E-state index is 0.0423. The van der Waals surface area contributed by atoms with E-state index in [0.29, 0.717) is 5.69 Å². The maximum absolute atomic E-state index is 12.5. The number of para-hydroxylation sites is 1. The monoisotopic (exact) mass is 240 g/mol. The number of ketones is 1. The Morgan fingerprint density at radius 3 is 2.94 bits per heavy atom. The Morgan fingerprint density at radius 2 is 2.17 bits per heavy atom. The van der Waals surface area contributed by atoms with Crippen molar-refractivity contribution in [1.82, 2.24) is 10.3 Å². The van der Waals surface area contributed by atoms with Crippen LogP contribution in [0.15, 0.2) is 42.5 Å². The zero-order chi connectivity index (χ0) is 12.5. The van der Waals surface area contributed by atoms with Gasteiger partial charge >= 0.3 is 0 Å². The lowest BCUT2D eigenvalue weighted by Crippen LogP contribution is -2.34. The zero-order valence-electron chi connectivity index (χ0n) is 10.2. The quantitative estimate of drug-likeness (QED) is 0.626. The topological polar surface area (TPSA) is 44.9 Å². The second kappa shape index (κ2) is 4.42. The van der Waals surface area contributed by atoms with Gasteiger partial charge in [0.05, 0.1) is 5.69 Å². The van der Waals surface area contributed by atoms with Crippen molar-refractivity contribution in [2.75, 3.05) is 13.1 Å². The van der Waals surface area contributed by atoms with Crippen LogP contribution in [0.5, 0.6) is 0 Å². The van der Waals surface area contributed by atoms with Gasteiger partial charge in [0, 0.05) is 23.4 Å².